The van der Waals surface area contributed by atoms with Crippen molar-refractivity contribution in [3.05, 3.63) is 54.2 Å². The SMILES string of the molecule is Cn1ccnc1C(Cc1nc(-c2ccccc2F)no1)C(F)(F)F. The zero-order chi connectivity index (χ0) is 17.3. The summed E-state index contributed by atoms with van der Waals surface area (Å²) in [5, 5.41) is 3.57. The fourth-order valence-corrected chi connectivity index (χ4v) is 2.33. The van der Waals surface area contributed by atoms with E-state index in [1.165, 1.54) is 42.2 Å². The minimum Gasteiger partial charge on any atom is -0.339 e. The van der Waals surface area contributed by atoms with Crippen molar-refractivity contribution in [2.24, 2.45) is 7.05 Å². The van der Waals surface area contributed by atoms with Crippen LogP contribution in [0.1, 0.15) is 17.6 Å². The minimum atomic E-state index is -4.54. The summed E-state index contributed by atoms with van der Waals surface area (Å²) in [5.41, 5.74) is 0.0630. The van der Waals surface area contributed by atoms with Crippen molar-refractivity contribution >= 4 is 0 Å². The van der Waals surface area contributed by atoms with Crippen LogP contribution < -0.4 is 0 Å². The summed E-state index contributed by atoms with van der Waals surface area (Å²) in [6, 6.07) is 5.68. The monoisotopic (exact) mass is 340 g/mol. The fourth-order valence-electron chi connectivity index (χ4n) is 2.33. The Kier molecular flexibility index (Phi) is 4.08. The average Bonchev–Trinajstić information content (AvgIpc) is 3.13. The highest BCUT2D eigenvalue weighted by Gasteiger charge is 2.44. The predicted octanol–water partition coefficient (Wildman–Crippen LogP) is 3.50. The number of rotatable bonds is 4. The molecule has 5 nitrogen and oxygen atoms in total. The fraction of sp³-hybridized carbons (Fsp3) is 0.267. The summed E-state index contributed by atoms with van der Waals surface area (Å²) in [7, 11) is 1.47. The Morgan fingerprint density at radius 3 is 2.62 bits per heavy atom. The van der Waals surface area contributed by atoms with Gasteiger partial charge in [-0.1, -0.05) is 17.3 Å². The summed E-state index contributed by atoms with van der Waals surface area (Å²) in [5.74, 6) is -2.97. The Labute approximate surface area is 133 Å². The highest BCUT2D eigenvalue weighted by molar-refractivity contribution is 5.54. The van der Waals surface area contributed by atoms with Crippen LogP contribution in [-0.2, 0) is 13.5 Å². The molecule has 3 rings (SSSR count). The molecular weight excluding hydrogens is 328 g/mol. The van der Waals surface area contributed by atoms with Crippen LogP contribution in [0.3, 0.4) is 0 Å². The first-order valence-corrected chi connectivity index (χ1v) is 6.97. The van der Waals surface area contributed by atoms with Crippen LogP contribution in [0, 0.1) is 5.82 Å². The lowest BCUT2D eigenvalue weighted by Crippen LogP contribution is -2.25. The Morgan fingerprint density at radius 1 is 1.25 bits per heavy atom. The molecule has 0 aliphatic rings. The molecular formula is C15H12F4N4O. The van der Waals surface area contributed by atoms with Crippen molar-refractivity contribution in [2.75, 3.05) is 0 Å². The lowest BCUT2D eigenvalue weighted by molar-refractivity contribution is -0.153. The van der Waals surface area contributed by atoms with Gasteiger partial charge < -0.3 is 9.09 Å². The second-order valence-corrected chi connectivity index (χ2v) is 5.19. The van der Waals surface area contributed by atoms with Crippen LogP contribution in [0.25, 0.3) is 11.4 Å². The molecule has 0 N–H and O–H groups in total. The van der Waals surface area contributed by atoms with Gasteiger partial charge in [-0.3, -0.25) is 0 Å². The average molecular weight is 340 g/mol. The summed E-state index contributed by atoms with van der Waals surface area (Å²) in [4.78, 5) is 7.63. The molecule has 3 aromatic rings. The lowest BCUT2D eigenvalue weighted by atomic mass is 10.0. The van der Waals surface area contributed by atoms with Gasteiger partial charge in [0.25, 0.3) is 0 Å². The molecule has 1 unspecified atom stereocenters. The van der Waals surface area contributed by atoms with E-state index in [4.69, 9.17) is 4.52 Å². The van der Waals surface area contributed by atoms with E-state index in [1.54, 1.807) is 6.07 Å². The first-order chi connectivity index (χ1) is 11.4. The van der Waals surface area contributed by atoms with Gasteiger partial charge in [-0.15, -0.1) is 0 Å². The quantitative estimate of drug-likeness (QED) is 0.682. The number of alkyl halides is 3. The molecule has 0 radical (unpaired) electrons. The van der Waals surface area contributed by atoms with E-state index in [2.05, 4.69) is 15.1 Å². The molecule has 1 aromatic carbocycles. The smallest absolute Gasteiger partial charge is 0.339 e. The molecule has 0 saturated carbocycles. The van der Waals surface area contributed by atoms with Gasteiger partial charge in [-0.05, 0) is 12.1 Å². The van der Waals surface area contributed by atoms with E-state index in [9.17, 15) is 17.6 Å². The standard InChI is InChI=1S/C15H12F4N4O/c1-23-7-6-20-14(23)10(15(17,18)19)8-12-21-13(22-24-12)9-4-2-3-5-11(9)16/h2-7,10H,8H2,1H3. The van der Waals surface area contributed by atoms with Crippen LogP contribution >= 0.6 is 0 Å². The van der Waals surface area contributed by atoms with Gasteiger partial charge in [0.2, 0.25) is 11.7 Å². The van der Waals surface area contributed by atoms with Crippen LogP contribution in [0.4, 0.5) is 17.6 Å². The molecule has 0 spiro atoms. The second-order valence-electron chi connectivity index (χ2n) is 5.19. The van der Waals surface area contributed by atoms with Gasteiger partial charge in [-0.25, -0.2) is 9.37 Å². The minimum absolute atomic E-state index is 0.0630. The molecule has 0 saturated heterocycles. The summed E-state index contributed by atoms with van der Waals surface area (Å²) in [6.07, 6.45) is -2.40. The third-order valence-corrected chi connectivity index (χ3v) is 3.53. The van der Waals surface area contributed by atoms with Crippen molar-refractivity contribution in [3.63, 3.8) is 0 Å². The van der Waals surface area contributed by atoms with Crippen molar-refractivity contribution in [2.45, 2.75) is 18.5 Å². The third-order valence-electron chi connectivity index (χ3n) is 3.53. The first-order valence-electron chi connectivity index (χ1n) is 6.97. The van der Waals surface area contributed by atoms with Crippen molar-refractivity contribution < 1.29 is 22.1 Å². The van der Waals surface area contributed by atoms with Gasteiger partial charge >= 0.3 is 6.18 Å². The van der Waals surface area contributed by atoms with Crippen LogP contribution in [0.15, 0.2) is 41.2 Å². The van der Waals surface area contributed by atoms with E-state index in [1.807, 2.05) is 0 Å². The number of nitrogens with zero attached hydrogens (tertiary/aromatic N) is 4. The molecule has 1 atom stereocenters. The molecule has 2 heterocycles. The van der Waals surface area contributed by atoms with Gasteiger partial charge in [0.05, 0.1) is 5.56 Å². The molecule has 126 valence electrons. The van der Waals surface area contributed by atoms with Crippen LogP contribution in [0.5, 0.6) is 0 Å². The van der Waals surface area contributed by atoms with Crippen molar-refractivity contribution in [1.29, 1.82) is 0 Å². The summed E-state index contributed by atoms with van der Waals surface area (Å²) < 4.78 is 59.9. The van der Waals surface area contributed by atoms with Crippen molar-refractivity contribution in [1.82, 2.24) is 19.7 Å². The molecule has 24 heavy (non-hydrogen) atoms. The number of aromatic nitrogens is 4. The first kappa shape index (κ1) is 16.2. The van der Waals surface area contributed by atoms with Crippen molar-refractivity contribution in [3.8, 4) is 11.4 Å². The number of halogens is 4. The molecule has 0 bridgehead atoms. The molecule has 0 fully saturated rings. The van der Waals surface area contributed by atoms with Crippen LogP contribution in [0.2, 0.25) is 0 Å². The topological polar surface area (TPSA) is 56.7 Å². The number of hydrogen-bond acceptors (Lipinski definition) is 4. The highest BCUT2D eigenvalue weighted by Crippen LogP contribution is 2.36. The second kappa shape index (κ2) is 6.06. The Bertz CT molecular complexity index is 840. The Hall–Kier alpha value is -2.71. The zero-order valence-electron chi connectivity index (χ0n) is 12.5. The van der Waals surface area contributed by atoms with Gasteiger partial charge in [0, 0.05) is 25.9 Å². The molecule has 0 aliphatic heterocycles. The predicted molar refractivity (Wildman–Crippen MR) is 75.4 cm³/mol. The zero-order valence-corrected chi connectivity index (χ0v) is 12.5. The number of imidazole rings is 1. The summed E-state index contributed by atoms with van der Waals surface area (Å²) in [6.45, 7) is 0. The Morgan fingerprint density at radius 2 is 2.00 bits per heavy atom. The van der Waals surface area contributed by atoms with E-state index in [0.29, 0.717) is 0 Å². The molecule has 0 amide bonds. The molecule has 0 aliphatic carbocycles. The number of aryl methyl sites for hydroxylation is 1. The molecule has 2 aromatic heterocycles. The normalized spacial score (nSPS) is 13.2. The Balaban J connectivity index is 1.90. The van der Waals surface area contributed by atoms with Gasteiger partial charge in [-0.2, -0.15) is 18.2 Å². The van der Waals surface area contributed by atoms with E-state index < -0.39 is 24.3 Å². The number of benzene rings is 1. The molecule has 9 heteroatoms. The maximum absolute atomic E-state index is 13.7. The van der Waals surface area contributed by atoms with E-state index in [-0.39, 0.29) is 23.1 Å². The van der Waals surface area contributed by atoms with E-state index >= 15 is 0 Å². The van der Waals surface area contributed by atoms with Gasteiger partial charge in [0.1, 0.15) is 17.6 Å². The van der Waals surface area contributed by atoms with E-state index in [0.717, 1.165) is 0 Å². The van der Waals surface area contributed by atoms with Gasteiger partial charge in [0.15, 0.2) is 0 Å². The lowest BCUT2D eigenvalue weighted by Gasteiger charge is -2.18. The highest BCUT2D eigenvalue weighted by atomic mass is 19.4. The maximum Gasteiger partial charge on any atom is 0.399 e. The summed E-state index contributed by atoms with van der Waals surface area (Å²) >= 11 is 0. The third kappa shape index (κ3) is 3.15. The maximum atomic E-state index is 13.7. The van der Waals surface area contributed by atoms with Crippen LogP contribution in [-0.4, -0.2) is 25.9 Å². The largest absolute Gasteiger partial charge is 0.399 e. The number of hydrogen-bond donors (Lipinski definition) is 0.